The van der Waals surface area contributed by atoms with E-state index in [0.29, 0.717) is 0 Å². The molecule has 0 radical (unpaired) electrons. The summed E-state index contributed by atoms with van der Waals surface area (Å²) < 4.78 is 5.94. The fourth-order valence-corrected chi connectivity index (χ4v) is 4.26. The van der Waals surface area contributed by atoms with Crippen LogP contribution in [0, 0.1) is 18.3 Å². The number of carbonyl (C=O) groups is 2. The van der Waals surface area contributed by atoms with E-state index in [0.717, 1.165) is 9.58 Å². The van der Waals surface area contributed by atoms with Gasteiger partial charge in [0.15, 0.2) is 5.71 Å². The van der Waals surface area contributed by atoms with Crippen LogP contribution in [0.5, 0.6) is 5.88 Å². The van der Waals surface area contributed by atoms with Gasteiger partial charge in [0.2, 0.25) is 5.88 Å². The van der Waals surface area contributed by atoms with E-state index in [1.807, 2.05) is 6.07 Å². The van der Waals surface area contributed by atoms with Crippen LogP contribution in [-0.2, 0) is 21.4 Å². The van der Waals surface area contributed by atoms with Crippen LogP contribution in [0.15, 0.2) is 39.8 Å². The summed E-state index contributed by atoms with van der Waals surface area (Å²) in [6, 6.07) is 4.56. The number of esters is 1. The third-order valence-corrected chi connectivity index (χ3v) is 5.83. The number of nitrogens with zero attached hydrogens (tertiary/aromatic N) is 4. The molecule has 0 atom stereocenters. The van der Waals surface area contributed by atoms with E-state index < -0.39 is 17.4 Å². The maximum absolute atomic E-state index is 13.2. The maximum Gasteiger partial charge on any atom is 0.359 e. The predicted molar refractivity (Wildman–Crippen MR) is 133 cm³/mol. The summed E-state index contributed by atoms with van der Waals surface area (Å²) in [4.78, 5) is 37.9. The predicted octanol–water partition coefficient (Wildman–Crippen LogP) is 4.14. The molecule has 0 spiro atoms. The minimum absolute atomic E-state index is 0.0297. The third-order valence-electron chi connectivity index (χ3n) is 5.03. The zero-order valence-corrected chi connectivity index (χ0v) is 20.9. The number of anilines is 1. The number of carbonyl (C=O) groups excluding carboxylic acids is 2. The van der Waals surface area contributed by atoms with Gasteiger partial charge in [-0.1, -0.05) is 40.9 Å². The number of benzene rings is 1. The summed E-state index contributed by atoms with van der Waals surface area (Å²) in [5.41, 5.74) is -0.744. The molecule has 0 saturated carbocycles. The fourth-order valence-electron chi connectivity index (χ4n) is 3.28. The van der Waals surface area contributed by atoms with Gasteiger partial charge in [0.05, 0.1) is 22.2 Å². The molecule has 2 heterocycles. The zero-order chi connectivity index (χ0) is 26.0. The molecule has 1 aliphatic rings. The molecule has 35 heavy (non-hydrogen) atoms. The molecule has 1 aliphatic heterocycles. The number of hydrogen-bond donors (Lipinski definition) is 1. The molecule has 1 aromatic carbocycles. The number of aromatic nitrogens is 1. The Morgan fingerprint density at radius 3 is 2.46 bits per heavy atom. The van der Waals surface area contributed by atoms with Crippen molar-refractivity contribution in [1.82, 2.24) is 4.57 Å². The van der Waals surface area contributed by atoms with Gasteiger partial charge in [-0.15, -0.1) is 0 Å². The Balaban J connectivity index is 2.11. The Morgan fingerprint density at radius 1 is 1.26 bits per heavy atom. The summed E-state index contributed by atoms with van der Waals surface area (Å²) in [5.74, 6) is -1.94. The molecule has 12 heteroatoms. The van der Waals surface area contributed by atoms with Crippen molar-refractivity contribution in [3.63, 3.8) is 0 Å². The zero-order valence-electron chi connectivity index (χ0n) is 18.6. The summed E-state index contributed by atoms with van der Waals surface area (Å²) in [6.45, 7) is 3.14. The number of aromatic hydroxyl groups is 1. The molecule has 3 rings (SSSR count). The van der Waals surface area contributed by atoms with Gasteiger partial charge in [0.1, 0.15) is 17.3 Å². The number of rotatable bonds is 5. The van der Waals surface area contributed by atoms with E-state index >= 15 is 0 Å². The van der Waals surface area contributed by atoms with Gasteiger partial charge in [-0.05, 0) is 43.7 Å². The average Bonchev–Trinajstić information content (AvgIpc) is 3.10. The lowest BCUT2D eigenvalue weighted by molar-refractivity contribution is -0.135. The summed E-state index contributed by atoms with van der Waals surface area (Å²) in [6.07, 6.45) is 4.04. The SMILES string of the molecule is CCOC(=O)C1=NN(c2c(Cl)cc(Cl)cc2Cl)C(=O)/C1=C\C=C\c1c(C)c(C#N)c(=O)n(C)c1O. The molecule has 180 valence electrons. The Kier molecular flexibility index (Phi) is 7.70. The van der Waals surface area contributed by atoms with Gasteiger partial charge >= 0.3 is 5.97 Å². The average molecular weight is 536 g/mol. The largest absolute Gasteiger partial charge is 0.494 e. The van der Waals surface area contributed by atoms with Crippen molar-refractivity contribution in [3.8, 4) is 11.9 Å². The van der Waals surface area contributed by atoms with E-state index in [1.54, 1.807) is 6.92 Å². The Labute approximate surface area is 214 Å². The van der Waals surface area contributed by atoms with E-state index in [9.17, 15) is 24.8 Å². The van der Waals surface area contributed by atoms with Crippen molar-refractivity contribution < 1.29 is 19.4 Å². The number of pyridine rings is 1. The van der Waals surface area contributed by atoms with Crippen molar-refractivity contribution in [2.45, 2.75) is 13.8 Å². The molecule has 1 amide bonds. The van der Waals surface area contributed by atoms with Crippen molar-refractivity contribution in [2.24, 2.45) is 12.1 Å². The van der Waals surface area contributed by atoms with Crippen LogP contribution < -0.4 is 10.6 Å². The van der Waals surface area contributed by atoms with Gasteiger partial charge in [-0.25, -0.2) is 4.79 Å². The third kappa shape index (κ3) is 4.82. The standard InChI is InChI=1S/C23H17Cl3N4O5/c1-4-35-23(34)18-14(22(33)30(28-18)19-16(25)8-12(24)9-17(19)26)7-5-6-13-11(2)15(10-27)21(32)29(3)20(13)31/h5-9,31H,4H2,1-3H3/b6-5+,14-7-. The minimum Gasteiger partial charge on any atom is -0.494 e. The highest BCUT2D eigenvalue weighted by atomic mass is 35.5. The number of hydrazone groups is 1. The van der Waals surface area contributed by atoms with Crippen LogP contribution in [0.25, 0.3) is 6.08 Å². The first-order valence-electron chi connectivity index (χ1n) is 9.99. The molecule has 1 N–H and O–H groups in total. The van der Waals surface area contributed by atoms with Gasteiger partial charge in [-0.2, -0.15) is 15.4 Å². The van der Waals surface area contributed by atoms with Gasteiger partial charge in [0, 0.05) is 17.6 Å². The Bertz CT molecular complexity index is 1430. The smallest absolute Gasteiger partial charge is 0.359 e. The van der Waals surface area contributed by atoms with Crippen molar-refractivity contribution in [2.75, 3.05) is 11.6 Å². The highest BCUT2D eigenvalue weighted by Crippen LogP contribution is 2.39. The molecule has 0 aliphatic carbocycles. The van der Waals surface area contributed by atoms with Crippen molar-refractivity contribution in [1.29, 1.82) is 5.26 Å². The normalized spacial score (nSPS) is 14.5. The molecule has 0 unspecified atom stereocenters. The van der Waals surface area contributed by atoms with Crippen molar-refractivity contribution in [3.05, 3.63) is 72.0 Å². The molecule has 1 aromatic heterocycles. The van der Waals surface area contributed by atoms with Crippen LogP contribution in [0.2, 0.25) is 15.1 Å². The van der Waals surface area contributed by atoms with E-state index in [4.69, 9.17) is 39.5 Å². The van der Waals surface area contributed by atoms with Crippen LogP contribution in [0.4, 0.5) is 5.69 Å². The van der Waals surface area contributed by atoms with E-state index in [-0.39, 0.29) is 61.2 Å². The molecule has 0 saturated heterocycles. The Morgan fingerprint density at radius 2 is 1.89 bits per heavy atom. The van der Waals surface area contributed by atoms with Gasteiger partial charge in [-0.3, -0.25) is 14.2 Å². The van der Waals surface area contributed by atoms with Crippen molar-refractivity contribution >= 4 is 64.2 Å². The second-order valence-corrected chi connectivity index (χ2v) is 8.41. The Hall–Kier alpha value is -3.58. The second-order valence-electron chi connectivity index (χ2n) is 7.16. The molecule has 0 fully saturated rings. The van der Waals surface area contributed by atoms with Crippen LogP contribution in [0.3, 0.4) is 0 Å². The van der Waals surface area contributed by atoms with Gasteiger partial charge in [0.25, 0.3) is 11.5 Å². The van der Waals surface area contributed by atoms with Crippen LogP contribution >= 0.6 is 34.8 Å². The topological polar surface area (TPSA) is 125 Å². The summed E-state index contributed by atoms with van der Waals surface area (Å²) in [7, 11) is 1.32. The first-order chi connectivity index (χ1) is 16.5. The number of amides is 1. The first-order valence-corrected chi connectivity index (χ1v) is 11.1. The van der Waals surface area contributed by atoms with Crippen LogP contribution in [0.1, 0.15) is 23.6 Å². The maximum atomic E-state index is 13.2. The van der Waals surface area contributed by atoms with Crippen LogP contribution in [-0.4, -0.2) is 33.9 Å². The molecular weight excluding hydrogens is 519 g/mol. The highest BCUT2D eigenvalue weighted by Gasteiger charge is 2.37. The second kappa shape index (κ2) is 10.4. The number of nitriles is 1. The van der Waals surface area contributed by atoms with E-state index in [2.05, 4.69) is 5.10 Å². The lowest BCUT2D eigenvalue weighted by atomic mass is 10.0. The van der Waals surface area contributed by atoms with Gasteiger partial charge < -0.3 is 9.84 Å². The lowest BCUT2D eigenvalue weighted by Gasteiger charge is -2.15. The van der Waals surface area contributed by atoms with E-state index in [1.165, 1.54) is 44.3 Å². The number of ether oxygens (including phenoxy) is 1. The summed E-state index contributed by atoms with van der Waals surface area (Å²) in [5, 5.41) is 24.9. The minimum atomic E-state index is -0.850. The number of allylic oxidation sites excluding steroid dienone is 2. The quantitative estimate of drug-likeness (QED) is 0.453. The number of halogens is 3. The molecule has 9 nitrogen and oxygen atoms in total. The highest BCUT2D eigenvalue weighted by molar-refractivity contribution is 6.54. The number of hydrogen-bond acceptors (Lipinski definition) is 7. The summed E-state index contributed by atoms with van der Waals surface area (Å²) >= 11 is 18.4. The fraction of sp³-hybridized carbons (Fsp3) is 0.174. The molecule has 2 aromatic rings. The first kappa shape index (κ1) is 26.0. The monoisotopic (exact) mass is 534 g/mol. The lowest BCUT2D eigenvalue weighted by Crippen LogP contribution is -2.23. The molecular formula is C23H17Cl3N4O5. The molecule has 0 bridgehead atoms.